The summed E-state index contributed by atoms with van der Waals surface area (Å²) in [5.74, 6) is -0.551. The third kappa shape index (κ3) is 4.95. The van der Waals surface area contributed by atoms with Crippen LogP contribution in [0.4, 0.5) is 0 Å². The van der Waals surface area contributed by atoms with Crippen molar-refractivity contribution in [2.75, 3.05) is 0 Å². The maximum Gasteiger partial charge on any atom is 0.220 e. The van der Waals surface area contributed by atoms with E-state index in [9.17, 15) is 15.0 Å². The molecule has 0 aliphatic rings. The average molecular weight is 226 g/mol. The predicted octanol–water partition coefficient (Wildman–Crippen LogP) is -0.135. The summed E-state index contributed by atoms with van der Waals surface area (Å²) in [4.78, 5) is 10.5. The number of nitrogens with zero attached hydrogens (tertiary/aromatic N) is 1. The van der Waals surface area contributed by atoms with Crippen molar-refractivity contribution in [3.8, 4) is 0 Å². The molecule has 0 radical (unpaired) electrons. The van der Waals surface area contributed by atoms with Gasteiger partial charge in [-0.15, -0.1) is 0 Å². The van der Waals surface area contributed by atoms with Gasteiger partial charge in [-0.1, -0.05) is 0 Å². The molecule has 0 aromatic carbocycles. The molecule has 1 amide bonds. The lowest BCUT2D eigenvalue weighted by molar-refractivity contribution is -0.120. The van der Waals surface area contributed by atoms with Crippen LogP contribution in [-0.2, 0) is 11.3 Å². The fourth-order valence-electron chi connectivity index (χ4n) is 1.56. The van der Waals surface area contributed by atoms with Crippen molar-refractivity contribution in [2.24, 2.45) is 5.73 Å². The van der Waals surface area contributed by atoms with Gasteiger partial charge >= 0.3 is 0 Å². The Morgan fingerprint density at radius 2 is 1.88 bits per heavy atom. The second kappa shape index (κ2) is 6.30. The molecule has 90 valence electrons. The minimum Gasteiger partial charge on any atom is -0.393 e. The van der Waals surface area contributed by atoms with E-state index in [1.807, 2.05) is 29.1 Å². The molecule has 1 aromatic rings. The zero-order valence-corrected chi connectivity index (χ0v) is 9.12. The van der Waals surface area contributed by atoms with Crippen LogP contribution >= 0.6 is 0 Å². The molecule has 1 heterocycles. The van der Waals surface area contributed by atoms with Crippen LogP contribution in [0, 0.1) is 0 Å². The van der Waals surface area contributed by atoms with Gasteiger partial charge in [-0.25, -0.2) is 0 Å². The highest BCUT2D eigenvalue weighted by Gasteiger charge is 2.13. The van der Waals surface area contributed by atoms with Crippen molar-refractivity contribution in [3.63, 3.8) is 0 Å². The van der Waals surface area contributed by atoms with Gasteiger partial charge in [0.05, 0.1) is 18.6 Å². The minimum absolute atomic E-state index is 0.0966. The van der Waals surface area contributed by atoms with Crippen LogP contribution in [0.3, 0.4) is 0 Å². The normalized spacial score (nSPS) is 14.6. The van der Waals surface area contributed by atoms with E-state index in [1.54, 1.807) is 0 Å². The summed E-state index contributed by atoms with van der Waals surface area (Å²) in [6.45, 7) is 0.692. The third-order valence-electron chi connectivity index (χ3n) is 2.37. The van der Waals surface area contributed by atoms with Crippen molar-refractivity contribution in [2.45, 2.75) is 38.0 Å². The maximum absolute atomic E-state index is 10.5. The van der Waals surface area contributed by atoms with Crippen molar-refractivity contribution in [3.05, 3.63) is 24.5 Å². The zero-order valence-electron chi connectivity index (χ0n) is 9.12. The molecule has 5 nitrogen and oxygen atoms in total. The van der Waals surface area contributed by atoms with Gasteiger partial charge in [0.1, 0.15) is 0 Å². The SMILES string of the molecule is NC(=O)CC(O)CC(O)CCn1cccc1. The first-order valence-electron chi connectivity index (χ1n) is 5.33. The van der Waals surface area contributed by atoms with E-state index in [-0.39, 0.29) is 12.8 Å². The highest BCUT2D eigenvalue weighted by molar-refractivity contribution is 5.74. The summed E-state index contributed by atoms with van der Waals surface area (Å²) in [5.41, 5.74) is 4.94. The Bertz CT molecular complexity index is 311. The van der Waals surface area contributed by atoms with Crippen LogP contribution in [0.25, 0.3) is 0 Å². The van der Waals surface area contributed by atoms with Gasteiger partial charge in [-0.2, -0.15) is 0 Å². The molecule has 1 rings (SSSR count). The maximum atomic E-state index is 10.5. The van der Waals surface area contributed by atoms with Crippen molar-refractivity contribution in [1.82, 2.24) is 4.57 Å². The number of primary amides is 1. The van der Waals surface area contributed by atoms with E-state index >= 15 is 0 Å². The number of hydrogen-bond acceptors (Lipinski definition) is 3. The average Bonchev–Trinajstić information content (AvgIpc) is 2.65. The van der Waals surface area contributed by atoms with Crippen LogP contribution in [-0.4, -0.2) is 32.9 Å². The molecule has 16 heavy (non-hydrogen) atoms. The summed E-state index contributed by atoms with van der Waals surface area (Å²) in [7, 11) is 0. The molecule has 5 heteroatoms. The summed E-state index contributed by atoms with van der Waals surface area (Å²) in [6.07, 6.45) is 2.99. The van der Waals surface area contributed by atoms with Gasteiger partial charge in [0.15, 0.2) is 0 Å². The molecule has 0 bridgehead atoms. The van der Waals surface area contributed by atoms with Gasteiger partial charge in [-0.3, -0.25) is 4.79 Å². The number of aryl methyl sites for hydroxylation is 1. The van der Waals surface area contributed by atoms with Gasteiger partial charge in [-0.05, 0) is 25.0 Å². The number of hydrogen-bond donors (Lipinski definition) is 3. The Labute approximate surface area is 94.5 Å². The molecule has 0 aliphatic heterocycles. The summed E-state index contributed by atoms with van der Waals surface area (Å²) in [5, 5.41) is 19.0. The van der Waals surface area contributed by atoms with E-state index < -0.39 is 18.1 Å². The van der Waals surface area contributed by atoms with E-state index in [0.717, 1.165) is 0 Å². The number of carbonyl (C=O) groups is 1. The third-order valence-corrected chi connectivity index (χ3v) is 2.37. The molecule has 0 saturated heterocycles. The summed E-state index contributed by atoms with van der Waals surface area (Å²) >= 11 is 0. The number of nitrogens with two attached hydrogens (primary N) is 1. The van der Waals surface area contributed by atoms with Crippen LogP contribution in [0.1, 0.15) is 19.3 Å². The predicted molar refractivity (Wildman–Crippen MR) is 59.5 cm³/mol. The van der Waals surface area contributed by atoms with Crippen LogP contribution in [0.15, 0.2) is 24.5 Å². The minimum atomic E-state index is -0.850. The summed E-state index contributed by atoms with van der Waals surface area (Å²) < 4.78 is 1.95. The molecular weight excluding hydrogens is 208 g/mol. The molecule has 0 aliphatic carbocycles. The largest absolute Gasteiger partial charge is 0.393 e. The molecule has 2 atom stereocenters. The first kappa shape index (κ1) is 12.7. The monoisotopic (exact) mass is 226 g/mol. The van der Waals surface area contributed by atoms with Crippen LogP contribution < -0.4 is 5.73 Å². The number of rotatable bonds is 7. The molecule has 0 saturated carbocycles. The quantitative estimate of drug-likeness (QED) is 0.605. The smallest absolute Gasteiger partial charge is 0.220 e. The Hall–Kier alpha value is -1.33. The fraction of sp³-hybridized carbons (Fsp3) is 0.545. The lowest BCUT2D eigenvalue weighted by Gasteiger charge is -2.14. The van der Waals surface area contributed by atoms with Crippen molar-refractivity contribution >= 4 is 5.91 Å². The lowest BCUT2D eigenvalue weighted by atomic mass is 10.1. The van der Waals surface area contributed by atoms with Crippen LogP contribution in [0.5, 0.6) is 0 Å². The first-order chi connectivity index (χ1) is 7.58. The van der Waals surface area contributed by atoms with Crippen molar-refractivity contribution in [1.29, 1.82) is 0 Å². The molecule has 0 spiro atoms. The molecule has 1 aromatic heterocycles. The second-order valence-corrected chi connectivity index (χ2v) is 3.92. The van der Waals surface area contributed by atoms with E-state index in [0.29, 0.717) is 13.0 Å². The topological polar surface area (TPSA) is 88.5 Å². The highest BCUT2D eigenvalue weighted by atomic mass is 16.3. The summed E-state index contributed by atoms with van der Waals surface area (Å²) in [6, 6.07) is 3.82. The number of carbonyl (C=O) groups excluding carboxylic acids is 1. The molecule has 2 unspecified atom stereocenters. The van der Waals surface area contributed by atoms with Gasteiger partial charge in [0.2, 0.25) is 5.91 Å². The van der Waals surface area contributed by atoms with Crippen LogP contribution in [0.2, 0.25) is 0 Å². The highest BCUT2D eigenvalue weighted by Crippen LogP contribution is 2.07. The van der Waals surface area contributed by atoms with E-state index in [1.165, 1.54) is 0 Å². The number of amides is 1. The van der Waals surface area contributed by atoms with Gasteiger partial charge in [0, 0.05) is 18.9 Å². The standard InChI is InChI=1S/C11H18N2O3/c12-11(16)8-10(15)7-9(14)3-6-13-4-1-2-5-13/h1-2,4-5,9-10,14-15H,3,6-8H2,(H2,12,16). The second-order valence-electron chi connectivity index (χ2n) is 3.92. The van der Waals surface area contributed by atoms with Crippen molar-refractivity contribution < 1.29 is 15.0 Å². The number of aliphatic hydroxyl groups is 2. The lowest BCUT2D eigenvalue weighted by Crippen LogP contribution is -2.24. The molecular formula is C11H18N2O3. The fourth-order valence-corrected chi connectivity index (χ4v) is 1.56. The Balaban J connectivity index is 2.20. The molecule has 0 fully saturated rings. The van der Waals surface area contributed by atoms with Gasteiger partial charge < -0.3 is 20.5 Å². The Kier molecular flexibility index (Phi) is 5.01. The molecule has 4 N–H and O–H groups in total. The zero-order chi connectivity index (χ0) is 12.0. The Morgan fingerprint density at radius 3 is 2.44 bits per heavy atom. The number of aromatic nitrogens is 1. The Morgan fingerprint density at radius 1 is 1.25 bits per heavy atom. The van der Waals surface area contributed by atoms with E-state index in [4.69, 9.17) is 5.73 Å². The van der Waals surface area contributed by atoms with E-state index in [2.05, 4.69) is 0 Å². The number of aliphatic hydroxyl groups excluding tert-OH is 2. The van der Waals surface area contributed by atoms with Gasteiger partial charge in [0.25, 0.3) is 0 Å². The first-order valence-corrected chi connectivity index (χ1v) is 5.33.